The van der Waals surface area contributed by atoms with Crippen molar-refractivity contribution in [3.63, 3.8) is 0 Å². The van der Waals surface area contributed by atoms with Crippen LogP contribution in [0.2, 0.25) is 0 Å². The van der Waals surface area contributed by atoms with Crippen molar-refractivity contribution in [2.24, 2.45) is 0 Å². The van der Waals surface area contributed by atoms with Gasteiger partial charge in [0.05, 0.1) is 4.90 Å². The number of fused-ring (bicyclic) bond motifs is 1. The van der Waals surface area contributed by atoms with Crippen LogP contribution in [0.25, 0.3) is 0 Å². The fraction of sp³-hybridized carbons (Fsp3) is 0.417. The topological polar surface area (TPSA) is 86.8 Å². The predicted octanol–water partition coefficient (Wildman–Crippen LogP) is 3.34. The Bertz CT molecular complexity index is 1110. The van der Waals surface area contributed by atoms with Crippen molar-refractivity contribution < 1.29 is 18.0 Å². The summed E-state index contributed by atoms with van der Waals surface area (Å²) in [5, 5.41) is 2.92. The van der Waals surface area contributed by atoms with Gasteiger partial charge in [0.2, 0.25) is 21.8 Å². The van der Waals surface area contributed by atoms with Crippen LogP contribution < -0.4 is 10.2 Å². The average Bonchev–Trinajstić information content (AvgIpc) is 3.22. The second-order valence-corrected chi connectivity index (χ2v) is 10.4. The first kappa shape index (κ1) is 22.5. The highest BCUT2D eigenvalue weighted by atomic mass is 32.2. The van der Waals surface area contributed by atoms with Crippen molar-refractivity contribution in [2.45, 2.75) is 50.3 Å². The van der Waals surface area contributed by atoms with Crippen molar-refractivity contribution in [3.8, 4) is 0 Å². The number of sulfonamides is 1. The molecule has 1 fully saturated rings. The van der Waals surface area contributed by atoms with Crippen LogP contribution in [-0.4, -0.2) is 44.2 Å². The van der Waals surface area contributed by atoms with Crippen LogP contribution in [-0.2, 0) is 32.5 Å². The van der Waals surface area contributed by atoms with Gasteiger partial charge < -0.3 is 10.2 Å². The van der Waals surface area contributed by atoms with Crippen molar-refractivity contribution in [1.29, 1.82) is 0 Å². The molecule has 0 spiro atoms. The van der Waals surface area contributed by atoms with Crippen molar-refractivity contribution in [2.75, 3.05) is 29.9 Å². The monoisotopic (exact) mass is 455 g/mol. The summed E-state index contributed by atoms with van der Waals surface area (Å²) in [6.45, 7) is 3.39. The average molecular weight is 456 g/mol. The van der Waals surface area contributed by atoms with E-state index in [1.54, 1.807) is 40.4 Å². The minimum Gasteiger partial charge on any atom is -0.326 e. The van der Waals surface area contributed by atoms with E-state index in [1.807, 2.05) is 18.2 Å². The number of aryl methyl sites for hydroxylation is 1. The Morgan fingerprint density at radius 1 is 0.969 bits per heavy atom. The van der Waals surface area contributed by atoms with Gasteiger partial charge in [-0.2, -0.15) is 4.31 Å². The number of benzene rings is 2. The molecule has 4 rings (SSSR count). The normalized spacial score (nSPS) is 16.6. The van der Waals surface area contributed by atoms with E-state index in [4.69, 9.17) is 0 Å². The lowest BCUT2D eigenvalue weighted by Gasteiger charge is -2.25. The van der Waals surface area contributed by atoms with Crippen LogP contribution in [0.5, 0.6) is 0 Å². The molecule has 8 heteroatoms. The molecule has 32 heavy (non-hydrogen) atoms. The van der Waals surface area contributed by atoms with Crippen LogP contribution in [0, 0.1) is 0 Å². The highest BCUT2D eigenvalue weighted by Crippen LogP contribution is 2.30. The summed E-state index contributed by atoms with van der Waals surface area (Å²) in [7, 11) is -3.44. The summed E-state index contributed by atoms with van der Waals surface area (Å²) >= 11 is 0. The second kappa shape index (κ2) is 9.42. The van der Waals surface area contributed by atoms with E-state index >= 15 is 0 Å². The first-order valence-corrected chi connectivity index (χ1v) is 12.6. The van der Waals surface area contributed by atoms with Gasteiger partial charge >= 0.3 is 0 Å². The Balaban J connectivity index is 1.32. The maximum Gasteiger partial charge on any atom is 0.243 e. The molecule has 2 amide bonds. The molecule has 0 aliphatic carbocycles. The van der Waals surface area contributed by atoms with E-state index < -0.39 is 10.0 Å². The lowest BCUT2D eigenvalue weighted by atomic mass is 10.1. The van der Waals surface area contributed by atoms with Crippen LogP contribution in [0.1, 0.15) is 43.7 Å². The number of carbonyl (C=O) groups is 2. The molecule has 0 saturated carbocycles. The standard InChI is InChI=1S/C24H29N3O4S/c1-18(28)27-16-13-20-17-21(8-11-23(20)27)25-24(29)12-7-19-5-9-22(10-6-19)32(30,31)26-14-3-2-4-15-26/h5-6,8-11,17H,2-4,7,12-16H2,1H3,(H,25,29). The van der Waals surface area contributed by atoms with Gasteiger partial charge in [-0.1, -0.05) is 18.6 Å². The molecule has 2 aromatic carbocycles. The summed E-state index contributed by atoms with van der Waals surface area (Å²) in [5.41, 5.74) is 3.62. The minimum atomic E-state index is -3.44. The van der Waals surface area contributed by atoms with Gasteiger partial charge in [-0.25, -0.2) is 8.42 Å². The molecule has 2 heterocycles. The van der Waals surface area contributed by atoms with Crippen molar-refractivity contribution in [3.05, 3.63) is 53.6 Å². The molecule has 0 atom stereocenters. The summed E-state index contributed by atoms with van der Waals surface area (Å²) < 4.78 is 27.1. The summed E-state index contributed by atoms with van der Waals surface area (Å²) in [5.74, 6) is -0.0772. The molecule has 0 radical (unpaired) electrons. The quantitative estimate of drug-likeness (QED) is 0.724. The number of anilines is 2. The fourth-order valence-corrected chi connectivity index (χ4v) is 5.89. The molecular formula is C24H29N3O4S. The summed E-state index contributed by atoms with van der Waals surface area (Å²) in [6.07, 6.45) is 4.51. The lowest BCUT2D eigenvalue weighted by molar-refractivity contribution is -0.117. The molecule has 0 bridgehead atoms. The minimum absolute atomic E-state index is 0.0234. The molecule has 2 aliphatic rings. The molecule has 2 aromatic rings. The van der Waals surface area contributed by atoms with Gasteiger partial charge in [0.1, 0.15) is 0 Å². The third-order valence-corrected chi connectivity index (χ3v) is 8.07. The summed E-state index contributed by atoms with van der Waals surface area (Å²) in [4.78, 5) is 26.1. The van der Waals surface area contributed by atoms with Gasteiger partial charge in [0.25, 0.3) is 0 Å². The molecule has 170 valence electrons. The van der Waals surface area contributed by atoms with E-state index in [-0.39, 0.29) is 11.8 Å². The van der Waals surface area contributed by atoms with E-state index in [1.165, 1.54) is 0 Å². The van der Waals surface area contributed by atoms with Crippen molar-refractivity contribution in [1.82, 2.24) is 4.31 Å². The SMILES string of the molecule is CC(=O)N1CCc2cc(NC(=O)CCc3ccc(S(=O)(=O)N4CCCCC4)cc3)ccc21. The number of carbonyl (C=O) groups excluding carboxylic acids is 2. The Morgan fingerprint density at radius 2 is 1.69 bits per heavy atom. The molecule has 0 unspecified atom stereocenters. The Kier molecular flexibility index (Phi) is 6.62. The van der Waals surface area contributed by atoms with E-state index in [0.717, 1.165) is 48.2 Å². The maximum absolute atomic E-state index is 12.7. The summed E-state index contributed by atoms with van der Waals surface area (Å²) in [6, 6.07) is 12.5. The number of rotatable bonds is 6. The van der Waals surface area contributed by atoms with E-state index in [2.05, 4.69) is 5.32 Å². The Morgan fingerprint density at radius 3 is 2.38 bits per heavy atom. The first-order valence-electron chi connectivity index (χ1n) is 11.1. The Labute approximate surface area is 189 Å². The molecule has 1 saturated heterocycles. The number of nitrogens with one attached hydrogen (secondary N) is 1. The van der Waals surface area contributed by atoms with Gasteiger partial charge in [-0.05, 0) is 67.1 Å². The van der Waals surface area contributed by atoms with Crippen LogP contribution in [0.3, 0.4) is 0 Å². The molecule has 2 aliphatic heterocycles. The van der Waals surface area contributed by atoms with Gasteiger partial charge in [0.15, 0.2) is 0 Å². The Hall–Kier alpha value is -2.71. The molecule has 0 aromatic heterocycles. The zero-order valence-corrected chi connectivity index (χ0v) is 19.2. The van der Waals surface area contributed by atoms with Gasteiger partial charge in [-0.3, -0.25) is 9.59 Å². The molecular weight excluding hydrogens is 426 g/mol. The second-order valence-electron chi connectivity index (χ2n) is 8.42. The predicted molar refractivity (Wildman–Crippen MR) is 124 cm³/mol. The fourth-order valence-electron chi connectivity index (χ4n) is 4.37. The highest BCUT2D eigenvalue weighted by Gasteiger charge is 2.26. The molecule has 1 N–H and O–H groups in total. The number of piperidine rings is 1. The van der Waals surface area contributed by atoms with Crippen LogP contribution in [0.4, 0.5) is 11.4 Å². The molecule has 7 nitrogen and oxygen atoms in total. The van der Waals surface area contributed by atoms with E-state index in [0.29, 0.717) is 37.4 Å². The number of hydrogen-bond donors (Lipinski definition) is 1. The number of hydrogen-bond acceptors (Lipinski definition) is 4. The zero-order chi connectivity index (χ0) is 22.7. The lowest BCUT2D eigenvalue weighted by Crippen LogP contribution is -2.35. The van der Waals surface area contributed by atoms with Crippen LogP contribution in [0.15, 0.2) is 47.4 Å². The van der Waals surface area contributed by atoms with E-state index in [9.17, 15) is 18.0 Å². The smallest absolute Gasteiger partial charge is 0.243 e. The first-order chi connectivity index (χ1) is 15.3. The number of nitrogens with zero attached hydrogens (tertiary/aromatic N) is 2. The third kappa shape index (κ3) is 4.86. The third-order valence-electron chi connectivity index (χ3n) is 6.16. The van der Waals surface area contributed by atoms with Crippen LogP contribution >= 0.6 is 0 Å². The largest absolute Gasteiger partial charge is 0.326 e. The van der Waals surface area contributed by atoms with Crippen molar-refractivity contribution >= 4 is 33.2 Å². The van der Waals surface area contributed by atoms with Gasteiger partial charge in [-0.15, -0.1) is 0 Å². The van der Waals surface area contributed by atoms with Gasteiger partial charge in [0, 0.05) is 44.4 Å². The maximum atomic E-state index is 12.7. The number of amides is 2. The zero-order valence-electron chi connectivity index (χ0n) is 18.3. The highest BCUT2D eigenvalue weighted by molar-refractivity contribution is 7.89.